The summed E-state index contributed by atoms with van der Waals surface area (Å²) >= 11 is 0. The third-order valence-electron chi connectivity index (χ3n) is 2.89. The summed E-state index contributed by atoms with van der Waals surface area (Å²) in [6.07, 6.45) is 2.49. The Balaban J connectivity index is 1.58. The highest BCUT2D eigenvalue weighted by Crippen LogP contribution is 1.99. The molecule has 0 unspecified atom stereocenters. The van der Waals surface area contributed by atoms with Crippen molar-refractivity contribution in [3.63, 3.8) is 0 Å². The van der Waals surface area contributed by atoms with Crippen molar-refractivity contribution in [2.75, 3.05) is 39.3 Å². The van der Waals surface area contributed by atoms with Crippen LogP contribution in [-0.2, 0) is 0 Å². The molecule has 0 atom stereocenters. The number of piperazine rings is 1. The van der Waals surface area contributed by atoms with Crippen molar-refractivity contribution in [3.8, 4) is 0 Å². The molecule has 1 aromatic heterocycles. The topological polar surface area (TPSA) is 57.5 Å². The molecule has 1 fully saturated rings. The van der Waals surface area contributed by atoms with Gasteiger partial charge in [0, 0.05) is 32.7 Å². The van der Waals surface area contributed by atoms with Crippen molar-refractivity contribution in [1.82, 2.24) is 15.5 Å². The van der Waals surface area contributed by atoms with Crippen molar-refractivity contribution in [1.29, 1.82) is 0 Å². The Morgan fingerprint density at radius 3 is 3.00 bits per heavy atom. The monoisotopic (exact) mass is 237 g/mol. The van der Waals surface area contributed by atoms with E-state index >= 15 is 0 Å². The molecule has 2 heterocycles. The second-order valence-electron chi connectivity index (χ2n) is 4.18. The van der Waals surface area contributed by atoms with Gasteiger partial charge in [-0.05, 0) is 25.1 Å². The maximum absolute atomic E-state index is 11.5. The third-order valence-corrected chi connectivity index (χ3v) is 2.89. The van der Waals surface area contributed by atoms with Gasteiger partial charge in [-0.3, -0.25) is 4.79 Å². The minimum absolute atomic E-state index is 0.129. The molecule has 0 bridgehead atoms. The molecule has 1 aliphatic rings. The highest BCUT2D eigenvalue weighted by atomic mass is 16.3. The smallest absolute Gasteiger partial charge is 0.286 e. The van der Waals surface area contributed by atoms with Gasteiger partial charge in [0.05, 0.1) is 6.26 Å². The van der Waals surface area contributed by atoms with Crippen LogP contribution in [0.4, 0.5) is 0 Å². The summed E-state index contributed by atoms with van der Waals surface area (Å²) in [4.78, 5) is 13.9. The van der Waals surface area contributed by atoms with E-state index < -0.39 is 0 Å². The number of nitrogens with one attached hydrogen (secondary N) is 2. The molecule has 17 heavy (non-hydrogen) atoms. The molecule has 0 saturated carbocycles. The van der Waals surface area contributed by atoms with E-state index in [1.54, 1.807) is 12.1 Å². The van der Waals surface area contributed by atoms with Crippen molar-refractivity contribution >= 4 is 5.91 Å². The highest BCUT2D eigenvalue weighted by Gasteiger charge is 2.10. The van der Waals surface area contributed by atoms with Gasteiger partial charge in [-0.2, -0.15) is 0 Å². The summed E-state index contributed by atoms with van der Waals surface area (Å²) in [7, 11) is 0. The zero-order valence-corrected chi connectivity index (χ0v) is 9.95. The van der Waals surface area contributed by atoms with Crippen LogP contribution < -0.4 is 10.6 Å². The highest BCUT2D eigenvalue weighted by molar-refractivity contribution is 5.91. The quantitative estimate of drug-likeness (QED) is 0.723. The van der Waals surface area contributed by atoms with Gasteiger partial charge >= 0.3 is 0 Å². The molecule has 1 saturated heterocycles. The van der Waals surface area contributed by atoms with Gasteiger partial charge in [-0.15, -0.1) is 0 Å². The molecular weight excluding hydrogens is 218 g/mol. The first-order chi connectivity index (χ1) is 8.36. The lowest BCUT2D eigenvalue weighted by Crippen LogP contribution is -2.44. The normalized spacial score (nSPS) is 16.9. The summed E-state index contributed by atoms with van der Waals surface area (Å²) in [6.45, 7) is 6.08. The second-order valence-corrected chi connectivity index (χ2v) is 4.18. The van der Waals surface area contributed by atoms with Gasteiger partial charge in [0.25, 0.3) is 5.91 Å². The fourth-order valence-corrected chi connectivity index (χ4v) is 1.93. The van der Waals surface area contributed by atoms with Gasteiger partial charge in [0.2, 0.25) is 0 Å². The van der Waals surface area contributed by atoms with Crippen molar-refractivity contribution in [3.05, 3.63) is 24.2 Å². The van der Waals surface area contributed by atoms with Crippen LogP contribution in [-0.4, -0.2) is 50.1 Å². The summed E-state index contributed by atoms with van der Waals surface area (Å²) in [5.74, 6) is 0.252. The molecule has 0 spiro atoms. The average Bonchev–Trinajstić information content (AvgIpc) is 2.89. The maximum Gasteiger partial charge on any atom is 0.286 e. The summed E-state index contributed by atoms with van der Waals surface area (Å²) in [5.41, 5.74) is 0. The third kappa shape index (κ3) is 3.87. The molecule has 0 radical (unpaired) electrons. The number of carbonyl (C=O) groups excluding carboxylic acids is 1. The van der Waals surface area contributed by atoms with Crippen molar-refractivity contribution in [2.45, 2.75) is 6.42 Å². The van der Waals surface area contributed by atoms with Gasteiger partial charge in [0.1, 0.15) is 0 Å². The minimum Gasteiger partial charge on any atom is -0.459 e. The van der Waals surface area contributed by atoms with Crippen LogP contribution in [0.2, 0.25) is 0 Å². The predicted octanol–water partition coefficient (Wildman–Crippen LogP) is 0.305. The van der Waals surface area contributed by atoms with E-state index in [1.807, 2.05) is 0 Å². The van der Waals surface area contributed by atoms with E-state index in [0.29, 0.717) is 12.3 Å². The largest absolute Gasteiger partial charge is 0.459 e. The standard InChI is InChI=1S/C12H19N3O2/c16-12(11-3-1-10-17-11)14-4-2-7-15-8-5-13-6-9-15/h1,3,10,13H,2,4-9H2,(H,14,16). The van der Waals surface area contributed by atoms with E-state index in [1.165, 1.54) is 6.26 Å². The van der Waals surface area contributed by atoms with Crippen LogP contribution in [0.5, 0.6) is 0 Å². The van der Waals surface area contributed by atoms with E-state index in [2.05, 4.69) is 15.5 Å². The molecule has 0 aromatic carbocycles. The Morgan fingerprint density at radius 2 is 2.29 bits per heavy atom. The number of carbonyl (C=O) groups is 1. The van der Waals surface area contributed by atoms with Crippen LogP contribution in [0.3, 0.4) is 0 Å². The fraction of sp³-hybridized carbons (Fsp3) is 0.583. The van der Waals surface area contributed by atoms with E-state index in [-0.39, 0.29) is 5.91 Å². The van der Waals surface area contributed by atoms with Crippen LogP contribution in [0.1, 0.15) is 17.0 Å². The average molecular weight is 237 g/mol. The van der Waals surface area contributed by atoms with Gasteiger partial charge in [-0.25, -0.2) is 0 Å². The van der Waals surface area contributed by atoms with Crippen LogP contribution >= 0.6 is 0 Å². The van der Waals surface area contributed by atoms with Crippen LogP contribution in [0, 0.1) is 0 Å². The zero-order valence-electron chi connectivity index (χ0n) is 9.95. The van der Waals surface area contributed by atoms with Gasteiger partial charge < -0.3 is 20.0 Å². The lowest BCUT2D eigenvalue weighted by molar-refractivity contribution is 0.0923. The summed E-state index contributed by atoms with van der Waals surface area (Å²) in [5, 5.41) is 6.17. The zero-order chi connectivity index (χ0) is 11.9. The lowest BCUT2D eigenvalue weighted by Gasteiger charge is -2.26. The molecule has 0 aliphatic carbocycles. The molecule has 1 aromatic rings. The van der Waals surface area contributed by atoms with Gasteiger partial charge in [0.15, 0.2) is 5.76 Å². The molecule has 5 heteroatoms. The lowest BCUT2D eigenvalue weighted by atomic mass is 10.3. The Morgan fingerprint density at radius 1 is 1.47 bits per heavy atom. The first-order valence-corrected chi connectivity index (χ1v) is 6.11. The van der Waals surface area contributed by atoms with Crippen LogP contribution in [0.25, 0.3) is 0 Å². The Kier molecular flexibility index (Phi) is 4.58. The van der Waals surface area contributed by atoms with E-state index in [4.69, 9.17) is 4.42 Å². The van der Waals surface area contributed by atoms with E-state index in [0.717, 1.165) is 39.1 Å². The molecule has 94 valence electrons. The molecule has 1 aliphatic heterocycles. The number of furan rings is 1. The second kappa shape index (κ2) is 6.42. The maximum atomic E-state index is 11.5. The Labute approximate surface area is 101 Å². The fourth-order valence-electron chi connectivity index (χ4n) is 1.93. The van der Waals surface area contributed by atoms with Crippen molar-refractivity contribution < 1.29 is 9.21 Å². The summed E-state index contributed by atoms with van der Waals surface area (Å²) in [6, 6.07) is 3.39. The van der Waals surface area contributed by atoms with Gasteiger partial charge in [-0.1, -0.05) is 0 Å². The SMILES string of the molecule is O=C(NCCCN1CCNCC1)c1ccco1. The molecular formula is C12H19N3O2. The summed E-state index contributed by atoms with van der Waals surface area (Å²) < 4.78 is 5.01. The Bertz CT molecular complexity index is 332. The Hall–Kier alpha value is -1.33. The molecule has 1 amide bonds. The predicted molar refractivity (Wildman–Crippen MR) is 65.0 cm³/mol. The number of nitrogens with zero attached hydrogens (tertiary/aromatic N) is 1. The molecule has 2 rings (SSSR count). The first-order valence-electron chi connectivity index (χ1n) is 6.11. The first kappa shape index (κ1) is 12.1. The number of hydrogen-bond donors (Lipinski definition) is 2. The van der Waals surface area contributed by atoms with Crippen molar-refractivity contribution in [2.24, 2.45) is 0 Å². The number of rotatable bonds is 5. The minimum atomic E-state index is -0.129. The molecule has 2 N–H and O–H groups in total. The number of hydrogen-bond acceptors (Lipinski definition) is 4. The molecule has 5 nitrogen and oxygen atoms in total. The van der Waals surface area contributed by atoms with Crippen LogP contribution in [0.15, 0.2) is 22.8 Å². The number of amides is 1. The van der Waals surface area contributed by atoms with E-state index in [9.17, 15) is 4.79 Å².